The number of halogens is 4. The Kier molecular flexibility index (Phi) is 6.27. The molecular formula is C16H17ClF3N3O3. The lowest BCUT2D eigenvalue weighted by atomic mass is 10.2. The van der Waals surface area contributed by atoms with Crippen LogP contribution in [0.2, 0.25) is 5.02 Å². The van der Waals surface area contributed by atoms with Gasteiger partial charge in [-0.3, -0.25) is 10.1 Å². The highest BCUT2D eigenvalue weighted by Crippen LogP contribution is 2.28. The largest absolute Gasteiger partial charge is 0.431 e. The van der Waals surface area contributed by atoms with Crippen molar-refractivity contribution < 1.29 is 17.9 Å². The van der Waals surface area contributed by atoms with Crippen molar-refractivity contribution in [3.63, 3.8) is 0 Å². The fourth-order valence-corrected chi connectivity index (χ4v) is 2.52. The zero-order valence-electron chi connectivity index (χ0n) is 14.0. The first-order valence-electron chi connectivity index (χ1n) is 7.67. The van der Waals surface area contributed by atoms with Gasteiger partial charge in [0.15, 0.2) is 0 Å². The number of alkyl halides is 3. The van der Waals surface area contributed by atoms with Gasteiger partial charge in [0.2, 0.25) is 0 Å². The van der Waals surface area contributed by atoms with Crippen LogP contribution in [0.5, 0.6) is 0 Å². The molecule has 142 valence electrons. The second-order valence-corrected chi connectivity index (χ2v) is 5.82. The van der Waals surface area contributed by atoms with Crippen LogP contribution in [0.4, 0.5) is 13.2 Å². The minimum absolute atomic E-state index is 0.116. The first-order valence-corrected chi connectivity index (χ1v) is 8.05. The van der Waals surface area contributed by atoms with Crippen LogP contribution in [-0.4, -0.2) is 22.9 Å². The van der Waals surface area contributed by atoms with Crippen LogP contribution < -0.4 is 16.6 Å². The number of hydrogen-bond acceptors (Lipinski definition) is 4. The van der Waals surface area contributed by atoms with Crippen LogP contribution in [-0.2, 0) is 17.5 Å². The minimum Gasteiger partial charge on any atom is -0.367 e. The average molecular weight is 392 g/mol. The zero-order valence-corrected chi connectivity index (χ0v) is 14.8. The van der Waals surface area contributed by atoms with Crippen LogP contribution in [0.15, 0.2) is 27.8 Å². The maximum atomic E-state index is 12.9. The topological polar surface area (TPSA) is 76.1 Å². The third-order valence-electron chi connectivity index (χ3n) is 3.63. The van der Waals surface area contributed by atoms with Crippen molar-refractivity contribution in [2.24, 2.45) is 0 Å². The van der Waals surface area contributed by atoms with Gasteiger partial charge in [0.25, 0.3) is 5.56 Å². The summed E-state index contributed by atoms with van der Waals surface area (Å²) in [7, 11) is 0. The van der Waals surface area contributed by atoms with E-state index in [1.54, 1.807) is 4.98 Å². The summed E-state index contributed by atoms with van der Waals surface area (Å²) in [6.07, 6.45) is -4.82. The van der Waals surface area contributed by atoms with E-state index in [0.29, 0.717) is 28.3 Å². The first-order chi connectivity index (χ1) is 12.2. The summed E-state index contributed by atoms with van der Waals surface area (Å²) in [4.78, 5) is 26.2. The van der Waals surface area contributed by atoms with Crippen molar-refractivity contribution in [3.8, 4) is 5.69 Å². The summed E-state index contributed by atoms with van der Waals surface area (Å²) in [5.41, 5.74) is -3.49. The molecule has 1 heterocycles. The van der Waals surface area contributed by atoms with Gasteiger partial charge in [0.05, 0.1) is 12.4 Å². The number of aromatic nitrogens is 2. The monoisotopic (exact) mass is 391 g/mol. The summed E-state index contributed by atoms with van der Waals surface area (Å²) >= 11 is 6.09. The molecule has 6 nitrogen and oxygen atoms in total. The van der Waals surface area contributed by atoms with Gasteiger partial charge < -0.3 is 9.72 Å². The van der Waals surface area contributed by atoms with Gasteiger partial charge in [0.1, 0.15) is 5.69 Å². The molecular weight excluding hydrogens is 375 g/mol. The SMILES string of the molecule is CCOCNCc1cc(-n2c(=O)[nH]c(C(F)(F)F)c(C)c2=O)ccc1Cl. The molecule has 2 N–H and O–H groups in total. The van der Waals surface area contributed by atoms with E-state index in [1.807, 2.05) is 6.92 Å². The van der Waals surface area contributed by atoms with Crippen LogP contribution in [0.1, 0.15) is 23.7 Å². The lowest BCUT2D eigenvalue weighted by molar-refractivity contribution is -0.142. The molecule has 0 unspecified atom stereocenters. The van der Waals surface area contributed by atoms with Crippen molar-refractivity contribution in [3.05, 3.63) is 60.9 Å². The zero-order chi connectivity index (χ0) is 19.5. The standard InChI is InChI=1S/C16H17ClF3N3O3/c1-3-26-8-21-7-10-6-11(4-5-12(10)17)23-14(24)9(2)13(16(18,19)20)22-15(23)25/h4-6,21H,3,7-8H2,1-2H3,(H,22,25). The fraction of sp³-hybridized carbons (Fsp3) is 0.375. The van der Waals surface area contributed by atoms with Gasteiger partial charge in [-0.1, -0.05) is 11.6 Å². The van der Waals surface area contributed by atoms with E-state index in [0.717, 1.165) is 6.92 Å². The number of aromatic amines is 1. The first kappa shape index (κ1) is 20.2. The second-order valence-electron chi connectivity index (χ2n) is 5.41. The molecule has 0 atom stereocenters. The second kappa shape index (κ2) is 8.07. The van der Waals surface area contributed by atoms with E-state index in [1.165, 1.54) is 18.2 Å². The number of nitrogens with zero attached hydrogens (tertiary/aromatic N) is 1. The van der Waals surface area contributed by atoms with E-state index >= 15 is 0 Å². The summed E-state index contributed by atoms with van der Waals surface area (Å²) < 4.78 is 44.5. The van der Waals surface area contributed by atoms with E-state index in [9.17, 15) is 22.8 Å². The van der Waals surface area contributed by atoms with Crippen LogP contribution in [0, 0.1) is 6.92 Å². The Hall–Kier alpha value is -2.10. The lowest BCUT2D eigenvalue weighted by Gasteiger charge is -2.13. The molecule has 1 aromatic heterocycles. The number of nitrogens with one attached hydrogen (secondary N) is 2. The molecule has 0 aliphatic carbocycles. The number of ether oxygens (including phenoxy) is 1. The Labute approximate surface area is 151 Å². The van der Waals surface area contributed by atoms with Crippen molar-refractivity contribution in [1.29, 1.82) is 0 Å². The Morgan fingerprint density at radius 2 is 2.00 bits per heavy atom. The molecule has 0 aliphatic heterocycles. The maximum absolute atomic E-state index is 12.9. The number of H-pyrrole nitrogens is 1. The molecule has 1 aromatic carbocycles. The average Bonchev–Trinajstić information content (AvgIpc) is 2.56. The minimum atomic E-state index is -4.82. The van der Waals surface area contributed by atoms with Crippen molar-refractivity contribution >= 4 is 11.6 Å². The fourth-order valence-electron chi connectivity index (χ4n) is 2.34. The van der Waals surface area contributed by atoms with Gasteiger partial charge in [-0.05, 0) is 37.6 Å². The summed E-state index contributed by atoms with van der Waals surface area (Å²) in [5, 5.41) is 3.34. The highest BCUT2D eigenvalue weighted by atomic mass is 35.5. The quantitative estimate of drug-likeness (QED) is 0.586. The third-order valence-corrected chi connectivity index (χ3v) is 4.00. The number of hydrogen-bond donors (Lipinski definition) is 2. The Morgan fingerprint density at radius 1 is 1.31 bits per heavy atom. The van der Waals surface area contributed by atoms with Crippen LogP contribution in [0.3, 0.4) is 0 Å². The molecule has 0 fully saturated rings. The van der Waals surface area contributed by atoms with Crippen molar-refractivity contribution in [2.75, 3.05) is 13.3 Å². The van der Waals surface area contributed by atoms with E-state index < -0.39 is 28.7 Å². The van der Waals surface area contributed by atoms with E-state index in [2.05, 4.69) is 5.32 Å². The molecule has 0 saturated heterocycles. The predicted molar refractivity (Wildman–Crippen MR) is 90.7 cm³/mol. The van der Waals surface area contributed by atoms with E-state index in [4.69, 9.17) is 16.3 Å². The van der Waals surface area contributed by atoms with Gasteiger partial charge in [0, 0.05) is 23.7 Å². The number of benzene rings is 1. The van der Waals surface area contributed by atoms with Gasteiger partial charge in [-0.25, -0.2) is 9.36 Å². The van der Waals surface area contributed by atoms with Crippen LogP contribution in [0.25, 0.3) is 5.69 Å². The van der Waals surface area contributed by atoms with E-state index in [-0.39, 0.29) is 12.4 Å². The van der Waals surface area contributed by atoms with Gasteiger partial charge >= 0.3 is 11.9 Å². The molecule has 0 bridgehead atoms. The molecule has 0 amide bonds. The van der Waals surface area contributed by atoms with Gasteiger partial charge in [-0.15, -0.1) is 0 Å². The highest BCUT2D eigenvalue weighted by Gasteiger charge is 2.35. The number of rotatable bonds is 6. The smallest absolute Gasteiger partial charge is 0.367 e. The molecule has 2 rings (SSSR count). The highest BCUT2D eigenvalue weighted by molar-refractivity contribution is 6.31. The summed E-state index contributed by atoms with van der Waals surface area (Å²) in [6.45, 7) is 3.94. The third kappa shape index (κ3) is 4.35. The van der Waals surface area contributed by atoms with Gasteiger partial charge in [-0.2, -0.15) is 13.2 Å². The normalized spacial score (nSPS) is 11.8. The molecule has 0 aliphatic rings. The molecule has 0 spiro atoms. The van der Waals surface area contributed by atoms with Crippen molar-refractivity contribution in [2.45, 2.75) is 26.6 Å². The molecule has 0 saturated carbocycles. The molecule has 10 heteroatoms. The Balaban J connectivity index is 2.48. The lowest BCUT2D eigenvalue weighted by Crippen LogP contribution is -2.38. The molecule has 0 radical (unpaired) electrons. The predicted octanol–water partition coefficient (Wildman–Crippen LogP) is 2.59. The summed E-state index contributed by atoms with van der Waals surface area (Å²) in [5.74, 6) is 0. The maximum Gasteiger partial charge on any atom is 0.431 e. The van der Waals surface area contributed by atoms with Crippen LogP contribution >= 0.6 is 11.6 Å². The Morgan fingerprint density at radius 3 is 2.62 bits per heavy atom. The summed E-state index contributed by atoms with van der Waals surface area (Å²) in [6, 6.07) is 4.32. The van der Waals surface area contributed by atoms with Crippen molar-refractivity contribution in [1.82, 2.24) is 14.9 Å². The molecule has 26 heavy (non-hydrogen) atoms. The molecule has 2 aromatic rings. The Bertz CT molecular complexity index is 906.